The molecule has 96 valence electrons. The van der Waals surface area contributed by atoms with Crippen LogP contribution in [0.4, 0.5) is 5.69 Å². The number of rotatable bonds is 7. The molecule has 0 aliphatic carbocycles. The highest BCUT2D eigenvalue weighted by molar-refractivity contribution is 7.98. The zero-order valence-electron chi connectivity index (χ0n) is 10.6. The minimum atomic E-state index is 1.05. The van der Waals surface area contributed by atoms with Gasteiger partial charge in [0.25, 0.3) is 0 Å². The Kier molecular flexibility index (Phi) is 5.15. The molecule has 2 N–H and O–H groups in total. The summed E-state index contributed by atoms with van der Waals surface area (Å²) in [5, 5.41) is 10.4. The molecular formula is C14H19N3S. The number of hydrogen-bond donors (Lipinski definition) is 2. The number of benzene rings is 1. The van der Waals surface area contributed by atoms with Crippen LogP contribution in [0.2, 0.25) is 0 Å². The van der Waals surface area contributed by atoms with E-state index >= 15 is 0 Å². The largest absolute Gasteiger partial charge is 0.385 e. The third kappa shape index (κ3) is 3.81. The monoisotopic (exact) mass is 261 g/mol. The van der Waals surface area contributed by atoms with Crippen LogP contribution in [-0.4, -0.2) is 28.8 Å². The molecule has 0 unspecified atom stereocenters. The van der Waals surface area contributed by atoms with Gasteiger partial charge in [-0.15, -0.1) is 0 Å². The highest BCUT2D eigenvalue weighted by Crippen LogP contribution is 2.18. The number of thioether (sulfide) groups is 1. The first kappa shape index (κ1) is 13.0. The molecule has 0 fully saturated rings. The van der Waals surface area contributed by atoms with E-state index in [-0.39, 0.29) is 0 Å². The molecule has 18 heavy (non-hydrogen) atoms. The van der Waals surface area contributed by atoms with Gasteiger partial charge in [0, 0.05) is 18.4 Å². The van der Waals surface area contributed by atoms with E-state index in [1.807, 2.05) is 17.8 Å². The maximum atomic E-state index is 3.96. The zero-order chi connectivity index (χ0) is 12.6. The van der Waals surface area contributed by atoms with Crippen molar-refractivity contribution >= 4 is 17.4 Å². The molecule has 0 spiro atoms. The normalized spacial score (nSPS) is 10.5. The van der Waals surface area contributed by atoms with E-state index in [1.54, 1.807) is 6.20 Å². The highest BCUT2D eigenvalue weighted by atomic mass is 32.2. The minimum Gasteiger partial charge on any atom is -0.385 e. The number of aromatic amines is 1. The molecular weight excluding hydrogens is 242 g/mol. The fraction of sp³-hybridized carbons (Fsp3) is 0.357. The molecule has 1 aromatic heterocycles. The van der Waals surface area contributed by atoms with Gasteiger partial charge in [-0.1, -0.05) is 12.1 Å². The molecule has 1 heterocycles. The molecule has 0 bridgehead atoms. The van der Waals surface area contributed by atoms with Gasteiger partial charge >= 0.3 is 0 Å². The molecule has 2 rings (SSSR count). The maximum Gasteiger partial charge on any atom is 0.0650 e. The molecule has 0 aliphatic heterocycles. The van der Waals surface area contributed by atoms with Crippen LogP contribution in [0.15, 0.2) is 36.5 Å². The maximum absolute atomic E-state index is 3.96. The quantitative estimate of drug-likeness (QED) is 0.748. The number of aromatic nitrogens is 2. The number of unbranched alkanes of at least 4 members (excludes halogenated alkanes) is 1. The van der Waals surface area contributed by atoms with Crippen LogP contribution in [0.25, 0.3) is 11.3 Å². The van der Waals surface area contributed by atoms with Crippen LogP contribution >= 0.6 is 11.8 Å². The van der Waals surface area contributed by atoms with Crippen molar-refractivity contribution in [2.24, 2.45) is 0 Å². The summed E-state index contributed by atoms with van der Waals surface area (Å²) < 4.78 is 0. The van der Waals surface area contributed by atoms with E-state index in [2.05, 4.69) is 46.0 Å². The van der Waals surface area contributed by atoms with Crippen molar-refractivity contribution < 1.29 is 0 Å². The summed E-state index contributed by atoms with van der Waals surface area (Å²) in [4.78, 5) is 0. The van der Waals surface area contributed by atoms with Crippen molar-refractivity contribution in [1.82, 2.24) is 10.2 Å². The smallest absolute Gasteiger partial charge is 0.0650 e. The van der Waals surface area contributed by atoms with Crippen LogP contribution in [0, 0.1) is 0 Å². The van der Waals surface area contributed by atoms with Crippen molar-refractivity contribution in [1.29, 1.82) is 0 Å². The summed E-state index contributed by atoms with van der Waals surface area (Å²) in [7, 11) is 0. The molecule has 0 aliphatic rings. The second-order valence-corrected chi connectivity index (χ2v) is 5.16. The topological polar surface area (TPSA) is 40.7 Å². The number of H-pyrrole nitrogens is 1. The summed E-state index contributed by atoms with van der Waals surface area (Å²) in [5.74, 6) is 1.25. The molecule has 0 saturated heterocycles. The summed E-state index contributed by atoms with van der Waals surface area (Å²) in [5.41, 5.74) is 3.41. The van der Waals surface area contributed by atoms with Crippen molar-refractivity contribution in [2.75, 3.05) is 23.9 Å². The predicted molar refractivity (Wildman–Crippen MR) is 80.1 cm³/mol. The van der Waals surface area contributed by atoms with Gasteiger partial charge in [0.1, 0.15) is 0 Å². The third-order valence-electron chi connectivity index (χ3n) is 2.80. The average molecular weight is 261 g/mol. The number of nitrogens with one attached hydrogen (secondary N) is 2. The van der Waals surface area contributed by atoms with E-state index < -0.39 is 0 Å². The Morgan fingerprint density at radius 2 is 2.00 bits per heavy atom. The van der Waals surface area contributed by atoms with Gasteiger partial charge in [-0.2, -0.15) is 16.9 Å². The predicted octanol–water partition coefficient (Wildman–Crippen LogP) is 3.63. The van der Waals surface area contributed by atoms with Gasteiger partial charge in [0.05, 0.1) is 5.69 Å². The lowest BCUT2D eigenvalue weighted by molar-refractivity contribution is 0.843. The lowest BCUT2D eigenvalue weighted by atomic mass is 10.1. The molecule has 2 aromatic rings. The average Bonchev–Trinajstić information content (AvgIpc) is 2.93. The fourth-order valence-corrected chi connectivity index (χ4v) is 2.28. The number of anilines is 1. The zero-order valence-corrected chi connectivity index (χ0v) is 11.5. The van der Waals surface area contributed by atoms with Crippen molar-refractivity contribution in [3.8, 4) is 11.3 Å². The van der Waals surface area contributed by atoms with E-state index in [9.17, 15) is 0 Å². The Morgan fingerprint density at radius 3 is 2.67 bits per heavy atom. The van der Waals surface area contributed by atoms with Crippen LogP contribution < -0.4 is 5.32 Å². The van der Waals surface area contributed by atoms with Crippen LogP contribution in [0.3, 0.4) is 0 Å². The van der Waals surface area contributed by atoms with Gasteiger partial charge < -0.3 is 5.32 Å². The highest BCUT2D eigenvalue weighted by Gasteiger charge is 1.98. The Morgan fingerprint density at radius 1 is 1.17 bits per heavy atom. The van der Waals surface area contributed by atoms with Gasteiger partial charge in [-0.3, -0.25) is 5.10 Å². The van der Waals surface area contributed by atoms with Gasteiger partial charge in [-0.25, -0.2) is 0 Å². The Labute approximate surface area is 112 Å². The SMILES string of the molecule is CSCCCCNc1ccc(-c2ccn[nH]2)cc1. The lowest BCUT2D eigenvalue weighted by Crippen LogP contribution is -2.01. The summed E-state index contributed by atoms with van der Waals surface area (Å²) in [6.07, 6.45) is 6.43. The van der Waals surface area contributed by atoms with Gasteiger partial charge in [-0.05, 0) is 48.6 Å². The van der Waals surface area contributed by atoms with Crippen LogP contribution in [-0.2, 0) is 0 Å². The Hall–Kier alpha value is -1.42. The second kappa shape index (κ2) is 7.11. The minimum absolute atomic E-state index is 1.05. The van der Waals surface area contributed by atoms with E-state index in [0.29, 0.717) is 0 Å². The fourth-order valence-electron chi connectivity index (χ4n) is 1.79. The van der Waals surface area contributed by atoms with Crippen molar-refractivity contribution in [3.05, 3.63) is 36.5 Å². The van der Waals surface area contributed by atoms with E-state index in [1.165, 1.54) is 29.8 Å². The van der Waals surface area contributed by atoms with Gasteiger partial charge in [0.2, 0.25) is 0 Å². The lowest BCUT2D eigenvalue weighted by Gasteiger charge is -2.06. The number of hydrogen-bond acceptors (Lipinski definition) is 3. The molecule has 3 nitrogen and oxygen atoms in total. The first-order valence-electron chi connectivity index (χ1n) is 6.23. The summed E-state index contributed by atoms with van der Waals surface area (Å²) >= 11 is 1.91. The van der Waals surface area contributed by atoms with Crippen molar-refractivity contribution in [3.63, 3.8) is 0 Å². The van der Waals surface area contributed by atoms with Crippen LogP contribution in [0.5, 0.6) is 0 Å². The summed E-state index contributed by atoms with van der Waals surface area (Å²) in [6, 6.07) is 10.4. The summed E-state index contributed by atoms with van der Waals surface area (Å²) in [6.45, 7) is 1.05. The molecule has 1 aromatic carbocycles. The molecule has 0 amide bonds. The first-order chi connectivity index (χ1) is 8.90. The van der Waals surface area contributed by atoms with E-state index in [4.69, 9.17) is 0 Å². The molecule has 0 saturated carbocycles. The third-order valence-corrected chi connectivity index (χ3v) is 3.50. The van der Waals surface area contributed by atoms with Crippen molar-refractivity contribution in [2.45, 2.75) is 12.8 Å². The molecule has 0 radical (unpaired) electrons. The first-order valence-corrected chi connectivity index (χ1v) is 7.62. The second-order valence-electron chi connectivity index (χ2n) is 4.17. The molecule has 0 atom stereocenters. The Bertz CT molecular complexity index is 437. The standard InChI is InChI=1S/C14H19N3S/c1-18-11-3-2-9-15-13-6-4-12(5-7-13)14-8-10-16-17-14/h4-8,10,15H,2-3,9,11H2,1H3,(H,16,17). The van der Waals surface area contributed by atoms with E-state index in [0.717, 1.165) is 12.2 Å². The van der Waals surface area contributed by atoms with Crippen LogP contribution in [0.1, 0.15) is 12.8 Å². The van der Waals surface area contributed by atoms with Gasteiger partial charge in [0.15, 0.2) is 0 Å². The Balaban J connectivity index is 1.81. The number of nitrogens with zero attached hydrogens (tertiary/aromatic N) is 1. The molecule has 4 heteroatoms.